The van der Waals surface area contributed by atoms with E-state index in [0.717, 1.165) is 10.6 Å². The third-order valence-electron chi connectivity index (χ3n) is 1.93. The van der Waals surface area contributed by atoms with E-state index in [1.165, 1.54) is 0 Å². The third kappa shape index (κ3) is 4.64. The van der Waals surface area contributed by atoms with Crippen LogP contribution in [0.4, 0.5) is 0 Å². The Hall–Kier alpha value is -0.610. The zero-order valence-corrected chi connectivity index (χ0v) is 12.3. The van der Waals surface area contributed by atoms with Gasteiger partial charge in [0.1, 0.15) is 5.75 Å². The molecular weight excluding hydrogens is 252 g/mol. The van der Waals surface area contributed by atoms with Crippen LogP contribution in [0.15, 0.2) is 29.2 Å². The van der Waals surface area contributed by atoms with Crippen molar-refractivity contribution in [1.29, 1.82) is 0 Å². The van der Waals surface area contributed by atoms with E-state index < -0.39 is 5.41 Å². The quantitative estimate of drug-likeness (QED) is 0.460. The number of hydrogen-bond acceptors (Lipinski definition) is 4. The fourth-order valence-corrected chi connectivity index (χ4v) is 2.70. The molecule has 1 aromatic rings. The molecule has 0 aliphatic heterocycles. The van der Waals surface area contributed by atoms with E-state index in [0.29, 0.717) is 5.75 Å². The number of benzene rings is 1. The molecule has 0 heterocycles. The van der Waals surface area contributed by atoms with Crippen LogP contribution in [0.5, 0.6) is 5.75 Å². The van der Waals surface area contributed by atoms with Crippen molar-refractivity contribution in [2.45, 2.75) is 32.6 Å². The summed E-state index contributed by atoms with van der Waals surface area (Å²) in [7, 11) is 3.37. The molecule has 17 heavy (non-hydrogen) atoms. The van der Waals surface area contributed by atoms with Crippen molar-refractivity contribution in [3.63, 3.8) is 0 Å². The smallest absolute Gasteiger partial charge is 0.316 e. The van der Waals surface area contributed by atoms with Crippen molar-refractivity contribution >= 4 is 27.6 Å². The van der Waals surface area contributed by atoms with Crippen molar-refractivity contribution < 1.29 is 9.53 Å². The molecule has 4 heteroatoms. The SMILES string of the molecule is CCSSc1ccccc1OC(=O)C(C)(C)C. The summed E-state index contributed by atoms with van der Waals surface area (Å²) >= 11 is 0. The molecule has 0 radical (unpaired) electrons. The van der Waals surface area contributed by atoms with Crippen LogP contribution in [0.3, 0.4) is 0 Å². The molecular formula is C13H18O2S2. The Morgan fingerprint density at radius 2 is 1.94 bits per heavy atom. The maximum atomic E-state index is 11.8. The molecule has 0 bridgehead atoms. The molecule has 2 nitrogen and oxygen atoms in total. The van der Waals surface area contributed by atoms with Gasteiger partial charge in [-0.3, -0.25) is 4.79 Å². The summed E-state index contributed by atoms with van der Waals surface area (Å²) < 4.78 is 5.43. The molecule has 0 unspecified atom stereocenters. The Labute approximate surface area is 111 Å². The van der Waals surface area contributed by atoms with Crippen molar-refractivity contribution in [2.75, 3.05) is 5.75 Å². The number of hydrogen-bond donors (Lipinski definition) is 0. The predicted molar refractivity (Wildman–Crippen MR) is 75.5 cm³/mol. The minimum absolute atomic E-state index is 0.202. The Morgan fingerprint density at radius 3 is 2.53 bits per heavy atom. The molecule has 0 saturated heterocycles. The first kappa shape index (κ1) is 14.5. The summed E-state index contributed by atoms with van der Waals surface area (Å²) in [5, 5.41) is 0. The molecule has 1 aromatic carbocycles. The number of para-hydroxylation sites is 1. The van der Waals surface area contributed by atoms with Crippen LogP contribution in [0.2, 0.25) is 0 Å². The Morgan fingerprint density at radius 1 is 1.29 bits per heavy atom. The summed E-state index contributed by atoms with van der Waals surface area (Å²) in [6.07, 6.45) is 0. The second kappa shape index (κ2) is 6.36. The van der Waals surface area contributed by atoms with Crippen LogP contribution in [-0.4, -0.2) is 11.7 Å². The maximum absolute atomic E-state index is 11.8. The lowest BCUT2D eigenvalue weighted by molar-refractivity contribution is -0.143. The first-order valence-electron chi connectivity index (χ1n) is 5.56. The van der Waals surface area contributed by atoms with E-state index in [-0.39, 0.29) is 5.97 Å². The number of carbonyl (C=O) groups excluding carboxylic acids is 1. The largest absolute Gasteiger partial charge is 0.425 e. The molecule has 0 aliphatic rings. The molecule has 0 spiro atoms. The average molecular weight is 270 g/mol. The molecule has 0 aliphatic carbocycles. The van der Waals surface area contributed by atoms with Gasteiger partial charge in [-0.05, 0) is 32.9 Å². The van der Waals surface area contributed by atoms with E-state index in [4.69, 9.17) is 4.74 Å². The fraction of sp³-hybridized carbons (Fsp3) is 0.462. The lowest BCUT2D eigenvalue weighted by Gasteiger charge is -2.17. The van der Waals surface area contributed by atoms with Crippen LogP contribution >= 0.6 is 21.6 Å². The molecule has 0 N–H and O–H groups in total. The van der Waals surface area contributed by atoms with E-state index in [9.17, 15) is 4.79 Å². The van der Waals surface area contributed by atoms with Crippen LogP contribution in [-0.2, 0) is 4.79 Å². The zero-order valence-electron chi connectivity index (χ0n) is 10.6. The first-order valence-corrected chi connectivity index (χ1v) is 7.88. The average Bonchev–Trinajstić information content (AvgIpc) is 2.26. The molecule has 0 atom stereocenters. The topological polar surface area (TPSA) is 26.3 Å². The van der Waals surface area contributed by atoms with Crippen LogP contribution in [0.25, 0.3) is 0 Å². The van der Waals surface area contributed by atoms with Gasteiger partial charge in [0.25, 0.3) is 0 Å². The van der Waals surface area contributed by atoms with E-state index in [2.05, 4.69) is 6.92 Å². The van der Waals surface area contributed by atoms with Gasteiger partial charge in [0, 0.05) is 5.75 Å². The Balaban J connectivity index is 2.80. The Bertz CT molecular complexity index is 383. The number of rotatable bonds is 4. The van der Waals surface area contributed by atoms with Crippen LogP contribution in [0.1, 0.15) is 27.7 Å². The highest BCUT2D eigenvalue weighted by molar-refractivity contribution is 8.76. The summed E-state index contributed by atoms with van der Waals surface area (Å²) in [6.45, 7) is 7.66. The molecule has 0 fully saturated rings. The second-order valence-corrected chi connectivity index (χ2v) is 7.20. The fourth-order valence-electron chi connectivity index (χ4n) is 0.979. The highest BCUT2D eigenvalue weighted by Crippen LogP contribution is 2.37. The van der Waals surface area contributed by atoms with Gasteiger partial charge in [-0.25, -0.2) is 0 Å². The van der Waals surface area contributed by atoms with E-state index in [1.54, 1.807) is 21.6 Å². The highest BCUT2D eigenvalue weighted by atomic mass is 33.1. The first-order chi connectivity index (χ1) is 7.95. The summed E-state index contributed by atoms with van der Waals surface area (Å²) in [4.78, 5) is 12.8. The third-order valence-corrected chi connectivity index (χ3v) is 4.40. The van der Waals surface area contributed by atoms with Gasteiger partial charge in [-0.1, -0.05) is 40.6 Å². The lowest BCUT2D eigenvalue weighted by Crippen LogP contribution is -2.25. The maximum Gasteiger partial charge on any atom is 0.316 e. The van der Waals surface area contributed by atoms with Crippen molar-refractivity contribution in [1.82, 2.24) is 0 Å². The van der Waals surface area contributed by atoms with Gasteiger partial charge in [-0.2, -0.15) is 0 Å². The van der Waals surface area contributed by atoms with Crippen molar-refractivity contribution in [3.05, 3.63) is 24.3 Å². The summed E-state index contributed by atoms with van der Waals surface area (Å²) in [6, 6.07) is 7.64. The highest BCUT2D eigenvalue weighted by Gasteiger charge is 2.24. The minimum Gasteiger partial charge on any atom is -0.425 e. The lowest BCUT2D eigenvalue weighted by atomic mass is 9.97. The van der Waals surface area contributed by atoms with Crippen LogP contribution < -0.4 is 4.74 Å². The van der Waals surface area contributed by atoms with Gasteiger partial charge in [0.2, 0.25) is 0 Å². The van der Waals surface area contributed by atoms with E-state index >= 15 is 0 Å². The normalized spacial score (nSPS) is 11.3. The molecule has 94 valence electrons. The second-order valence-electron chi connectivity index (χ2n) is 4.58. The molecule has 0 amide bonds. The van der Waals surface area contributed by atoms with Crippen LogP contribution in [0, 0.1) is 5.41 Å². The minimum atomic E-state index is -0.477. The van der Waals surface area contributed by atoms with Gasteiger partial charge >= 0.3 is 5.97 Å². The number of carbonyl (C=O) groups is 1. The molecule has 0 aromatic heterocycles. The molecule has 0 saturated carbocycles. The summed E-state index contributed by atoms with van der Waals surface area (Å²) in [5.41, 5.74) is -0.477. The van der Waals surface area contributed by atoms with Crippen molar-refractivity contribution in [2.24, 2.45) is 5.41 Å². The zero-order chi connectivity index (χ0) is 12.9. The Kier molecular flexibility index (Phi) is 5.40. The monoisotopic (exact) mass is 270 g/mol. The predicted octanol–water partition coefficient (Wildman–Crippen LogP) is 4.40. The van der Waals surface area contributed by atoms with E-state index in [1.807, 2.05) is 45.0 Å². The number of esters is 1. The van der Waals surface area contributed by atoms with Gasteiger partial charge < -0.3 is 4.74 Å². The standard InChI is InChI=1S/C13H18O2S2/c1-5-16-17-11-9-7-6-8-10(11)15-12(14)13(2,3)4/h6-9H,5H2,1-4H3. The summed E-state index contributed by atoms with van der Waals surface area (Å²) in [5.74, 6) is 1.47. The van der Waals surface area contributed by atoms with Crippen molar-refractivity contribution in [3.8, 4) is 5.75 Å². The van der Waals surface area contributed by atoms with Gasteiger partial charge in [0.05, 0.1) is 10.3 Å². The number of ether oxygens (including phenoxy) is 1. The molecule has 1 rings (SSSR count). The van der Waals surface area contributed by atoms with Gasteiger partial charge in [0.15, 0.2) is 0 Å². The van der Waals surface area contributed by atoms with Gasteiger partial charge in [-0.15, -0.1) is 0 Å².